The Morgan fingerprint density at radius 2 is 1.56 bits per heavy atom. The van der Waals surface area contributed by atoms with Gasteiger partial charge in [-0.15, -0.1) is 0 Å². The number of rotatable bonds is 5. The van der Waals surface area contributed by atoms with Gasteiger partial charge in [0.2, 0.25) is 0 Å². The number of allylic oxidation sites excluding steroid dienone is 1. The highest BCUT2D eigenvalue weighted by atomic mass is 35.6. The number of benzene rings is 2. The van der Waals surface area contributed by atoms with Crippen molar-refractivity contribution < 1.29 is 0 Å². The maximum Gasteiger partial charge on any atom is 0.167 e. The molecule has 0 aromatic heterocycles. The Balaban J connectivity index is 2.10. The van der Waals surface area contributed by atoms with E-state index >= 15 is 0 Å². The molecule has 144 valence electrons. The summed E-state index contributed by atoms with van der Waals surface area (Å²) in [5, 5.41) is 0. The molecule has 0 fully saturated rings. The molecule has 0 spiro atoms. The maximum atomic E-state index is 7.28. The normalized spacial score (nSPS) is 17.0. The van der Waals surface area contributed by atoms with Gasteiger partial charge in [-0.3, -0.25) is 0 Å². The van der Waals surface area contributed by atoms with Crippen molar-refractivity contribution in [3.05, 3.63) is 64.7 Å². The predicted octanol–water partition coefficient (Wildman–Crippen LogP) is 8.31. The molecule has 27 heavy (non-hydrogen) atoms. The molecule has 1 aliphatic rings. The van der Waals surface area contributed by atoms with Crippen LogP contribution in [0.15, 0.2) is 48.0 Å². The molecule has 1 aliphatic carbocycles. The van der Waals surface area contributed by atoms with E-state index in [4.69, 9.17) is 11.1 Å². The molecule has 2 aromatic carbocycles. The molecule has 0 radical (unpaired) electrons. The Hall–Kier alpha value is -1.31. The van der Waals surface area contributed by atoms with Crippen molar-refractivity contribution in [3.63, 3.8) is 0 Å². The van der Waals surface area contributed by atoms with Gasteiger partial charge in [-0.1, -0.05) is 95.7 Å². The van der Waals surface area contributed by atoms with Crippen LogP contribution in [0.2, 0.25) is 12.1 Å². The van der Waals surface area contributed by atoms with Gasteiger partial charge in [0.25, 0.3) is 0 Å². The van der Waals surface area contributed by atoms with Gasteiger partial charge in [-0.05, 0) is 51.7 Å². The molecule has 0 aliphatic heterocycles. The molecule has 2 aromatic rings. The Kier molecular flexibility index (Phi) is 5.75. The van der Waals surface area contributed by atoms with Gasteiger partial charge in [0.15, 0.2) is 7.38 Å². The SMILES string of the molecule is CCC1=Cc2c(-c3ccc(C(C)(C)C)cc3)cccc2C1[Si](Cl)(CC)CC. The van der Waals surface area contributed by atoms with Crippen LogP contribution in [0, 0.1) is 0 Å². The summed E-state index contributed by atoms with van der Waals surface area (Å²) < 4.78 is 0. The van der Waals surface area contributed by atoms with Crippen LogP contribution in [0.3, 0.4) is 0 Å². The van der Waals surface area contributed by atoms with Gasteiger partial charge in [-0.25, -0.2) is 0 Å². The molecule has 2 heteroatoms. The van der Waals surface area contributed by atoms with E-state index in [0.717, 1.165) is 18.5 Å². The van der Waals surface area contributed by atoms with Crippen LogP contribution in [0.1, 0.15) is 70.2 Å². The van der Waals surface area contributed by atoms with E-state index in [1.54, 1.807) is 0 Å². The Bertz CT molecular complexity index is 836. The van der Waals surface area contributed by atoms with E-state index in [2.05, 4.69) is 90.1 Å². The first-order chi connectivity index (χ1) is 12.7. The molecule has 1 atom stereocenters. The Labute approximate surface area is 171 Å². The second kappa shape index (κ2) is 7.60. The van der Waals surface area contributed by atoms with Crippen LogP contribution in [-0.4, -0.2) is 7.38 Å². The fourth-order valence-corrected chi connectivity index (χ4v) is 8.29. The lowest BCUT2D eigenvalue weighted by Gasteiger charge is -2.31. The molecule has 0 saturated heterocycles. The summed E-state index contributed by atoms with van der Waals surface area (Å²) in [6, 6.07) is 18.2. The zero-order valence-corrected chi connectivity index (χ0v) is 19.5. The van der Waals surface area contributed by atoms with Crippen LogP contribution in [0.5, 0.6) is 0 Å². The maximum absolute atomic E-state index is 7.28. The minimum atomic E-state index is -1.85. The largest absolute Gasteiger partial charge is 0.167 e. The summed E-state index contributed by atoms with van der Waals surface area (Å²) in [6.45, 7) is 13.6. The second-order valence-corrected chi connectivity index (χ2v) is 15.2. The summed E-state index contributed by atoms with van der Waals surface area (Å²) in [5.41, 5.74) is 9.09. The van der Waals surface area contributed by atoms with Crippen molar-refractivity contribution in [2.75, 3.05) is 0 Å². The Morgan fingerprint density at radius 1 is 0.926 bits per heavy atom. The summed E-state index contributed by atoms with van der Waals surface area (Å²) in [7, 11) is -1.85. The van der Waals surface area contributed by atoms with Crippen molar-refractivity contribution in [1.29, 1.82) is 0 Å². The zero-order chi connectivity index (χ0) is 19.8. The zero-order valence-electron chi connectivity index (χ0n) is 17.7. The third-order valence-corrected chi connectivity index (χ3v) is 12.6. The van der Waals surface area contributed by atoms with Gasteiger partial charge in [0, 0.05) is 5.54 Å². The van der Waals surface area contributed by atoms with Crippen molar-refractivity contribution in [2.45, 2.75) is 71.0 Å². The quantitative estimate of drug-likeness (QED) is 0.352. The molecule has 1 unspecified atom stereocenters. The molecule has 0 amide bonds. The van der Waals surface area contributed by atoms with E-state index in [0.29, 0.717) is 5.54 Å². The molecular weight excluding hydrogens is 364 g/mol. The predicted molar refractivity (Wildman–Crippen MR) is 124 cm³/mol. The minimum absolute atomic E-state index is 0.184. The van der Waals surface area contributed by atoms with E-state index in [9.17, 15) is 0 Å². The topological polar surface area (TPSA) is 0 Å². The van der Waals surface area contributed by atoms with Gasteiger partial charge >= 0.3 is 0 Å². The number of hydrogen-bond acceptors (Lipinski definition) is 0. The van der Waals surface area contributed by atoms with E-state index in [1.807, 2.05) is 0 Å². The van der Waals surface area contributed by atoms with E-state index < -0.39 is 7.38 Å². The van der Waals surface area contributed by atoms with Crippen LogP contribution in [0.4, 0.5) is 0 Å². The fraction of sp³-hybridized carbons (Fsp3) is 0.440. The molecule has 0 saturated carbocycles. The van der Waals surface area contributed by atoms with Gasteiger partial charge in [-0.2, -0.15) is 11.1 Å². The number of hydrogen-bond donors (Lipinski definition) is 0. The molecule has 0 bridgehead atoms. The van der Waals surface area contributed by atoms with Gasteiger partial charge < -0.3 is 0 Å². The van der Waals surface area contributed by atoms with Crippen LogP contribution in [0.25, 0.3) is 17.2 Å². The fourth-order valence-electron chi connectivity index (χ4n) is 4.44. The van der Waals surface area contributed by atoms with Crippen LogP contribution < -0.4 is 0 Å². The molecule has 0 nitrogen and oxygen atoms in total. The van der Waals surface area contributed by atoms with Gasteiger partial charge in [0.05, 0.1) is 0 Å². The molecule has 0 heterocycles. The number of fused-ring (bicyclic) bond motifs is 1. The number of halogens is 1. The van der Waals surface area contributed by atoms with Crippen molar-refractivity contribution >= 4 is 24.5 Å². The summed E-state index contributed by atoms with van der Waals surface area (Å²) in [5.74, 6) is 0. The summed E-state index contributed by atoms with van der Waals surface area (Å²) in [6.07, 6.45) is 3.53. The lowest BCUT2D eigenvalue weighted by Crippen LogP contribution is -2.34. The van der Waals surface area contributed by atoms with Crippen LogP contribution >= 0.6 is 11.1 Å². The standard InChI is InChI=1S/C25H33ClSi/c1-7-18-17-23-21(19-13-15-20(16-14-19)25(4,5)6)11-10-12-22(23)24(18)27(26,8-2)9-3/h10-17,24H,7-9H2,1-6H3. The van der Waals surface area contributed by atoms with Crippen molar-refractivity contribution in [2.24, 2.45) is 0 Å². The average Bonchev–Trinajstić information content (AvgIpc) is 3.06. The Morgan fingerprint density at radius 3 is 2.07 bits per heavy atom. The highest BCUT2D eigenvalue weighted by Crippen LogP contribution is 2.50. The highest BCUT2D eigenvalue weighted by molar-refractivity contribution is 7.21. The molecule has 0 N–H and O–H groups in total. The smallest absolute Gasteiger partial charge is 0.166 e. The van der Waals surface area contributed by atoms with Crippen molar-refractivity contribution in [3.8, 4) is 11.1 Å². The third-order valence-electron chi connectivity index (χ3n) is 6.31. The minimum Gasteiger partial charge on any atom is -0.166 e. The lowest BCUT2D eigenvalue weighted by atomic mass is 9.86. The first-order valence-corrected chi connectivity index (χ1v) is 13.9. The van der Waals surface area contributed by atoms with Gasteiger partial charge in [0.1, 0.15) is 0 Å². The monoisotopic (exact) mass is 396 g/mol. The molecular formula is C25H33ClSi. The highest BCUT2D eigenvalue weighted by Gasteiger charge is 2.42. The lowest BCUT2D eigenvalue weighted by molar-refractivity contribution is 0.590. The second-order valence-electron chi connectivity index (χ2n) is 8.88. The van der Waals surface area contributed by atoms with E-state index in [1.165, 1.54) is 33.4 Å². The summed E-state index contributed by atoms with van der Waals surface area (Å²) >= 11 is 7.28. The van der Waals surface area contributed by atoms with Crippen LogP contribution in [-0.2, 0) is 5.41 Å². The first-order valence-electron chi connectivity index (χ1n) is 10.4. The third kappa shape index (κ3) is 3.69. The average molecular weight is 397 g/mol. The molecule has 3 rings (SSSR count). The summed E-state index contributed by atoms with van der Waals surface area (Å²) in [4.78, 5) is 0. The van der Waals surface area contributed by atoms with E-state index in [-0.39, 0.29) is 5.41 Å². The van der Waals surface area contributed by atoms with Crippen molar-refractivity contribution in [1.82, 2.24) is 0 Å². The first kappa shape index (κ1) is 20.4.